The Hall–Kier alpha value is -0.780. The van der Waals surface area contributed by atoms with Gasteiger partial charge in [-0.25, -0.2) is 4.39 Å². The first-order chi connectivity index (χ1) is 11.1. The summed E-state index contributed by atoms with van der Waals surface area (Å²) in [6.07, 6.45) is 4.71. The van der Waals surface area contributed by atoms with Crippen molar-refractivity contribution >= 4 is 29.3 Å². The maximum absolute atomic E-state index is 13.1. The molecule has 1 amide bonds. The first-order valence-electron chi connectivity index (χ1n) is 8.17. The van der Waals surface area contributed by atoms with Crippen molar-refractivity contribution in [2.75, 3.05) is 31.1 Å². The van der Waals surface area contributed by atoms with Gasteiger partial charge in [0, 0.05) is 36.7 Å². The number of hydrogen-bond acceptors (Lipinski definition) is 3. The Labute approximate surface area is 145 Å². The average molecular weight is 357 g/mol. The van der Waals surface area contributed by atoms with E-state index in [1.165, 1.54) is 42.5 Å². The lowest BCUT2D eigenvalue weighted by molar-refractivity contribution is 0.0817. The SMILES string of the molecule is O=C(NCC1(N2CCSCC2)CCCC1)c1ccc(F)cc1Cl. The monoisotopic (exact) mass is 356 g/mol. The quantitative estimate of drug-likeness (QED) is 0.895. The molecule has 0 aromatic heterocycles. The van der Waals surface area contributed by atoms with Gasteiger partial charge in [-0.15, -0.1) is 0 Å². The number of rotatable bonds is 4. The van der Waals surface area contributed by atoms with E-state index in [1.54, 1.807) is 0 Å². The van der Waals surface area contributed by atoms with Crippen molar-refractivity contribution in [1.82, 2.24) is 10.2 Å². The summed E-state index contributed by atoms with van der Waals surface area (Å²) in [5.41, 5.74) is 0.429. The van der Waals surface area contributed by atoms with Crippen LogP contribution in [-0.2, 0) is 0 Å². The highest BCUT2D eigenvalue weighted by Crippen LogP contribution is 2.36. The average Bonchev–Trinajstić information content (AvgIpc) is 3.04. The number of carbonyl (C=O) groups excluding carboxylic acids is 1. The first-order valence-corrected chi connectivity index (χ1v) is 9.70. The molecule has 2 fully saturated rings. The number of nitrogens with one attached hydrogen (secondary N) is 1. The van der Waals surface area contributed by atoms with Crippen LogP contribution in [-0.4, -0.2) is 47.5 Å². The molecule has 1 N–H and O–H groups in total. The molecule has 0 radical (unpaired) electrons. The van der Waals surface area contributed by atoms with Crippen LogP contribution >= 0.6 is 23.4 Å². The van der Waals surface area contributed by atoms with Crippen LogP contribution in [0.1, 0.15) is 36.0 Å². The molecule has 3 nitrogen and oxygen atoms in total. The van der Waals surface area contributed by atoms with Gasteiger partial charge in [-0.2, -0.15) is 11.8 Å². The second-order valence-corrected chi connectivity index (χ2v) is 7.97. The van der Waals surface area contributed by atoms with Crippen LogP contribution in [0, 0.1) is 5.82 Å². The van der Waals surface area contributed by atoms with Crippen LogP contribution in [0.15, 0.2) is 18.2 Å². The predicted molar refractivity (Wildman–Crippen MR) is 93.8 cm³/mol. The van der Waals surface area contributed by atoms with Gasteiger partial charge < -0.3 is 5.32 Å². The minimum Gasteiger partial charge on any atom is -0.350 e. The van der Waals surface area contributed by atoms with Gasteiger partial charge in [0.2, 0.25) is 0 Å². The van der Waals surface area contributed by atoms with Crippen molar-refractivity contribution in [2.45, 2.75) is 31.2 Å². The van der Waals surface area contributed by atoms with Crippen LogP contribution in [0.5, 0.6) is 0 Å². The van der Waals surface area contributed by atoms with Gasteiger partial charge in [-0.3, -0.25) is 9.69 Å². The summed E-state index contributed by atoms with van der Waals surface area (Å²) >= 11 is 7.99. The lowest BCUT2D eigenvalue weighted by atomic mass is 9.94. The molecule has 1 saturated carbocycles. The van der Waals surface area contributed by atoms with Crippen molar-refractivity contribution in [3.8, 4) is 0 Å². The fraction of sp³-hybridized carbons (Fsp3) is 0.588. The van der Waals surface area contributed by atoms with E-state index in [0.717, 1.165) is 25.9 Å². The summed E-state index contributed by atoms with van der Waals surface area (Å²) in [7, 11) is 0. The molecule has 0 spiro atoms. The molecule has 1 saturated heterocycles. The highest BCUT2D eigenvalue weighted by molar-refractivity contribution is 7.99. The van der Waals surface area contributed by atoms with Crippen LogP contribution in [0.25, 0.3) is 0 Å². The molecule has 0 unspecified atom stereocenters. The van der Waals surface area contributed by atoms with Gasteiger partial charge in [0.05, 0.1) is 10.6 Å². The lowest BCUT2D eigenvalue weighted by Crippen LogP contribution is -2.56. The third kappa shape index (κ3) is 3.83. The number of nitrogens with zero attached hydrogens (tertiary/aromatic N) is 1. The molecule has 1 aromatic rings. The number of benzene rings is 1. The second-order valence-electron chi connectivity index (χ2n) is 6.34. The molecule has 1 aliphatic carbocycles. The summed E-state index contributed by atoms with van der Waals surface area (Å²) in [5.74, 6) is 1.69. The van der Waals surface area contributed by atoms with Gasteiger partial charge in [-0.05, 0) is 31.0 Å². The molecule has 0 bridgehead atoms. The van der Waals surface area contributed by atoms with Crippen LogP contribution in [0.3, 0.4) is 0 Å². The maximum atomic E-state index is 13.1. The highest BCUT2D eigenvalue weighted by atomic mass is 35.5. The molecule has 126 valence electrons. The fourth-order valence-electron chi connectivity index (χ4n) is 3.69. The molecule has 6 heteroatoms. The van der Waals surface area contributed by atoms with Gasteiger partial charge in [0.15, 0.2) is 0 Å². The Morgan fingerprint density at radius 3 is 2.65 bits per heavy atom. The van der Waals surface area contributed by atoms with Crippen molar-refractivity contribution in [2.24, 2.45) is 0 Å². The van der Waals surface area contributed by atoms with E-state index in [4.69, 9.17) is 11.6 Å². The Kier molecular flexibility index (Phi) is 5.49. The van der Waals surface area contributed by atoms with E-state index in [1.807, 2.05) is 11.8 Å². The minimum absolute atomic E-state index is 0.0865. The van der Waals surface area contributed by atoms with Crippen LogP contribution in [0.4, 0.5) is 4.39 Å². The van der Waals surface area contributed by atoms with E-state index in [2.05, 4.69) is 10.2 Å². The maximum Gasteiger partial charge on any atom is 0.252 e. The Morgan fingerprint density at radius 2 is 2.00 bits per heavy atom. The zero-order valence-corrected chi connectivity index (χ0v) is 14.7. The summed E-state index contributed by atoms with van der Waals surface area (Å²) < 4.78 is 13.1. The highest BCUT2D eigenvalue weighted by Gasteiger charge is 2.40. The number of amides is 1. The van der Waals surface area contributed by atoms with Crippen molar-refractivity contribution in [3.63, 3.8) is 0 Å². The molecule has 23 heavy (non-hydrogen) atoms. The molecule has 1 aromatic carbocycles. The van der Waals surface area contributed by atoms with E-state index < -0.39 is 5.82 Å². The molecule has 1 aliphatic heterocycles. The summed E-state index contributed by atoms with van der Waals surface area (Å²) in [6.45, 7) is 2.83. The largest absolute Gasteiger partial charge is 0.350 e. The van der Waals surface area contributed by atoms with Gasteiger partial charge >= 0.3 is 0 Å². The smallest absolute Gasteiger partial charge is 0.252 e. The lowest BCUT2D eigenvalue weighted by Gasteiger charge is -2.43. The summed E-state index contributed by atoms with van der Waals surface area (Å²) in [4.78, 5) is 15.0. The molecule has 3 rings (SSSR count). The zero-order chi connectivity index (χ0) is 16.3. The topological polar surface area (TPSA) is 32.3 Å². The Morgan fingerprint density at radius 1 is 1.30 bits per heavy atom. The van der Waals surface area contributed by atoms with Crippen molar-refractivity contribution in [3.05, 3.63) is 34.6 Å². The van der Waals surface area contributed by atoms with Gasteiger partial charge in [-0.1, -0.05) is 24.4 Å². The van der Waals surface area contributed by atoms with Crippen LogP contribution < -0.4 is 5.32 Å². The predicted octanol–water partition coefficient (Wildman–Crippen LogP) is 3.57. The number of thioether (sulfide) groups is 1. The molecular formula is C17H22ClFN2OS. The minimum atomic E-state index is -0.426. The first kappa shape index (κ1) is 17.1. The Balaban J connectivity index is 1.68. The molecular weight excluding hydrogens is 335 g/mol. The molecule has 2 aliphatic rings. The molecule has 0 atom stereocenters. The standard InChI is InChI=1S/C17H22ClFN2OS/c18-15-11-13(19)3-4-14(15)16(22)20-12-17(5-1-2-6-17)21-7-9-23-10-8-21/h3-4,11H,1-2,5-10,12H2,(H,20,22). The van der Waals surface area contributed by atoms with E-state index in [-0.39, 0.29) is 16.5 Å². The molecule has 1 heterocycles. The van der Waals surface area contributed by atoms with Crippen molar-refractivity contribution < 1.29 is 9.18 Å². The van der Waals surface area contributed by atoms with Gasteiger partial charge in [0.1, 0.15) is 5.82 Å². The number of carbonyl (C=O) groups is 1. The van der Waals surface area contributed by atoms with Crippen LogP contribution in [0.2, 0.25) is 5.02 Å². The second kappa shape index (κ2) is 7.41. The van der Waals surface area contributed by atoms with Gasteiger partial charge in [0.25, 0.3) is 5.91 Å². The zero-order valence-electron chi connectivity index (χ0n) is 13.1. The van der Waals surface area contributed by atoms with Crippen molar-refractivity contribution in [1.29, 1.82) is 0 Å². The summed E-state index contributed by atoms with van der Waals surface area (Å²) in [6, 6.07) is 3.91. The number of hydrogen-bond donors (Lipinski definition) is 1. The van der Waals surface area contributed by atoms with E-state index in [9.17, 15) is 9.18 Å². The fourth-order valence-corrected chi connectivity index (χ4v) is 4.85. The third-order valence-electron chi connectivity index (χ3n) is 4.97. The normalized spacial score (nSPS) is 21.3. The number of halogens is 2. The van der Waals surface area contributed by atoms with E-state index in [0.29, 0.717) is 12.1 Å². The summed E-state index contributed by atoms with van der Waals surface area (Å²) in [5, 5.41) is 3.21. The Bertz CT molecular complexity index is 572. The third-order valence-corrected chi connectivity index (χ3v) is 6.23. The van der Waals surface area contributed by atoms with E-state index >= 15 is 0 Å².